The molecule has 3 rings (SSSR count). The molecule has 3 aromatic rings. The van der Waals surface area contributed by atoms with Gasteiger partial charge >= 0.3 is 5.97 Å². The largest absolute Gasteiger partial charge is 0.495 e. The molecule has 0 aliphatic carbocycles. The maximum atomic E-state index is 12.9. The minimum absolute atomic E-state index is 0.0478. The Morgan fingerprint density at radius 1 is 0.939 bits per heavy atom. The summed E-state index contributed by atoms with van der Waals surface area (Å²) >= 11 is 5.80. The van der Waals surface area contributed by atoms with Gasteiger partial charge in [-0.05, 0) is 61.5 Å². The Hall–Kier alpha value is -3.56. The zero-order valence-electron chi connectivity index (χ0n) is 17.8. The topological polar surface area (TPSA) is 111 Å². The molecule has 1 amide bonds. The Balaban J connectivity index is 1.72. The fraction of sp³-hybridized carbons (Fsp3) is 0.130. The summed E-state index contributed by atoms with van der Waals surface area (Å²) in [6, 6.07) is 17.0. The van der Waals surface area contributed by atoms with E-state index in [1.807, 2.05) is 6.92 Å². The third-order valence-electron chi connectivity index (χ3n) is 4.45. The third-order valence-corrected chi connectivity index (χ3v) is 6.11. The molecule has 0 radical (unpaired) electrons. The van der Waals surface area contributed by atoms with Crippen molar-refractivity contribution in [3.63, 3.8) is 0 Å². The summed E-state index contributed by atoms with van der Waals surface area (Å²) in [5.41, 5.74) is 1.76. The lowest BCUT2D eigenvalue weighted by atomic mass is 10.2. The number of sulfonamides is 1. The summed E-state index contributed by atoms with van der Waals surface area (Å²) in [6.07, 6.45) is 0. The number of hydrogen-bond donors (Lipinski definition) is 2. The van der Waals surface area contributed by atoms with E-state index in [2.05, 4.69) is 10.0 Å². The van der Waals surface area contributed by atoms with E-state index < -0.39 is 28.5 Å². The van der Waals surface area contributed by atoms with Crippen LogP contribution in [0.1, 0.15) is 15.9 Å². The van der Waals surface area contributed by atoms with Gasteiger partial charge in [-0.15, -0.1) is 0 Å². The fourth-order valence-electron chi connectivity index (χ4n) is 2.79. The number of rotatable bonds is 8. The van der Waals surface area contributed by atoms with E-state index in [4.69, 9.17) is 21.1 Å². The molecule has 172 valence electrons. The molecule has 0 bridgehead atoms. The van der Waals surface area contributed by atoms with E-state index in [0.717, 1.165) is 11.6 Å². The highest BCUT2D eigenvalue weighted by Gasteiger charge is 2.23. The first-order chi connectivity index (χ1) is 15.7. The molecule has 33 heavy (non-hydrogen) atoms. The van der Waals surface area contributed by atoms with Crippen molar-refractivity contribution in [1.82, 2.24) is 0 Å². The molecule has 0 spiro atoms. The number of nitrogens with one attached hydrogen (secondary N) is 2. The molecule has 8 nitrogen and oxygen atoms in total. The molecule has 0 saturated heterocycles. The number of hydrogen-bond acceptors (Lipinski definition) is 6. The standard InChI is InChI=1S/C23H21ClN2O6S/c1-15-3-8-19(9-4-15)26-33(29,30)21-13-16(5-12-20(21)31-2)23(28)32-14-22(27)25-18-10-6-17(24)7-11-18/h3-13,26H,14H2,1-2H3,(H,25,27). The van der Waals surface area contributed by atoms with E-state index in [9.17, 15) is 18.0 Å². The number of aryl methyl sites for hydroxylation is 1. The Labute approximate surface area is 196 Å². The number of carbonyl (C=O) groups excluding carboxylic acids is 2. The van der Waals surface area contributed by atoms with Crippen LogP contribution in [-0.4, -0.2) is 34.0 Å². The second-order valence-electron chi connectivity index (χ2n) is 6.97. The van der Waals surface area contributed by atoms with Crippen LogP contribution >= 0.6 is 11.6 Å². The highest BCUT2D eigenvalue weighted by atomic mass is 35.5. The van der Waals surface area contributed by atoms with Gasteiger partial charge in [0, 0.05) is 16.4 Å². The van der Waals surface area contributed by atoms with Gasteiger partial charge in [0.15, 0.2) is 6.61 Å². The van der Waals surface area contributed by atoms with Gasteiger partial charge in [-0.1, -0.05) is 29.3 Å². The minimum Gasteiger partial charge on any atom is -0.495 e. The molecule has 0 saturated carbocycles. The van der Waals surface area contributed by atoms with E-state index in [1.165, 1.54) is 19.2 Å². The van der Waals surface area contributed by atoms with Crippen LogP contribution in [0.4, 0.5) is 11.4 Å². The maximum Gasteiger partial charge on any atom is 0.338 e. The molecule has 0 atom stereocenters. The zero-order chi connectivity index (χ0) is 24.0. The van der Waals surface area contributed by atoms with E-state index in [1.54, 1.807) is 48.5 Å². The third kappa shape index (κ3) is 6.47. The number of carbonyl (C=O) groups is 2. The van der Waals surface area contributed by atoms with Crippen molar-refractivity contribution in [2.24, 2.45) is 0 Å². The smallest absolute Gasteiger partial charge is 0.338 e. The second kappa shape index (κ2) is 10.4. The van der Waals surface area contributed by atoms with E-state index in [-0.39, 0.29) is 16.2 Å². The molecule has 0 aliphatic rings. The molecule has 2 N–H and O–H groups in total. The molecular weight excluding hydrogens is 468 g/mol. The van der Waals surface area contributed by atoms with Crippen molar-refractivity contribution in [2.45, 2.75) is 11.8 Å². The average Bonchev–Trinajstić information content (AvgIpc) is 2.80. The van der Waals surface area contributed by atoms with Crippen LogP contribution in [0.25, 0.3) is 0 Å². The summed E-state index contributed by atoms with van der Waals surface area (Å²) in [5.74, 6) is -1.38. The van der Waals surface area contributed by atoms with Crippen LogP contribution in [-0.2, 0) is 19.6 Å². The number of esters is 1. The van der Waals surface area contributed by atoms with Crippen molar-refractivity contribution in [3.8, 4) is 5.75 Å². The van der Waals surface area contributed by atoms with E-state index >= 15 is 0 Å². The Morgan fingerprint density at radius 3 is 2.21 bits per heavy atom. The predicted molar refractivity (Wildman–Crippen MR) is 125 cm³/mol. The molecule has 0 aromatic heterocycles. The normalized spacial score (nSPS) is 10.9. The summed E-state index contributed by atoms with van der Waals surface area (Å²) in [6.45, 7) is 1.32. The van der Waals surface area contributed by atoms with Gasteiger partial charge in [0.05, 0.1) is 12.7 Å². The zero-order valence-corrected chi connectivity index (χ0v) is 19.4. The van der Waals surface area contributed by atoms with Crippen molar-refractivity contribution < 1.29 is 27.5 Å². The summed E-state index contributed by atoms with van der Waals surface area (Å²) in [5, 5.41) is 3.08. The monoisotopic (exact) mass is 488 g/mol. The first-order valence-electron chi connectivity index (χ1n) is 9.68. The molecule has 0 unspecified atom stereocenters. The number of ether oxygens (including phenoxy) is 2. The van der Waals surface area contributed by atoms with Gasteiger partial charge in [-0.3, -0.25) is 9.52 Å². The number of anilines is 2. The average molecular weight is 489 g/mol. The van der Waals surface area contributed by atoms with Crippen LogP contribution in [0.2, 0.25) is 5.02 Å². The van der Waals surface area contributed by atoms with Crippen LogP contribution in [0, 0.1) is 6.92 Å². The summed E-state index contributed by atoms with van der Waals surface area (Å²) in [4.78, 5) is 24.2. The van der Waals surface area contributed by atoms with Crippen LogP contribution < -0.4 is 14.8 Å². The number of halogens is 1. The van der Waals surface area contributed by atoms with Crippen LogP contribution in [0.15, 0.2) is 71.6 Å². The first-order valence-corrected chi connectivity index (χ1v) is 11.5. The lowest BCUT2D eigenvalue weighted by Gasteiger charge is -2.13. The summed E-state index contributed by atoms with van der Waals surface area (Å²) in [7, 11) is -2.75. The van der Waals surface area contributed by atoms with Gasteiger partial charge in [0.1, 0.15) is 10.6 Å². The van der Waals surface area contributed by atoms with Crippen molar-refractivity contribution in [2.75, 3.05) is 23.8 Å². The number of benzene rings is 3. The van der Waals surface area contributed by atoms with Gasteiger partial charge in [0.2, 0.25) is 0 Å². The highest BCUT2D eigenvalue weighted by molar-refractivity contribution is 7.92. The van der Waals surface area contributed by atoms with Gasteiger partial charge < -0.3 is 14.8 Å². The number of methoxy groups -OCH3 is 1. The van der Waals surface area contributed by atoms with Gasteiger partial charge in [-0.2, -0.15) is 0 Å². The minimum atomic E-state index is -4.07. The van der Waals surface area contributed by atoms with Crippen LogP contribution in [0.5, 0.6) is 5.75 Å². The predicted octanol–water partition coefficient (Wildman–Crippen LogP) is 4.25. The number of amides is 1. The quantitative estimate of drug-likeness (QED) is 0.458. The lowest BCUT2D eigenvalue weighted by Crippen LogP contribution is -2.21. The Kier molecular flexibility index (Phi) is 7.57. The summed E-state index contributed by atoms with van der Waals surface area (Å²) < 4.78 is 38.5. The molecule has 0 fully saturated rings. The first kappa shape index (κ1) is 24.1. The van der Waals surface area contributed by atoms with Gasteiger partial charge in [0.25, 0.3) is 15.9 Å². The van der Waals surface area contributed by atoms with Crippen molar-refractivity contribution in [3.05, 3.63) is 82.9 Å². The van der Waals surface area contributed by atoms with Gasteiger partial charge in [-0.25, -0.2) is 13.2 Å². The second-order valence-corrected chi connectivity index (χ2v) is 9.06. The van der Waals surface area contributed by atoms with Crippen molar-refractivity contribution >= 4 is 44.9 Å². The Morgan fingerprint density at radius 2 is 1.58 bits per heavy atom. The molecule has 0 aliphatic heterocycles. The Bertz CT molecular complexity index is 1260. The molecule has 3 aromatic carbocycles. The molecule has 0 heterocycles. The molecule has 10 heteroatoms. The molecular formula is C23H21ClN2O6S. The maximum absolute atomic E-state index is 12.9. The van der Waals surface area contributed by atoms with Crippen LogP contribution in [0.3, 0.4) is 0 Å². The fourth-order valence-corrected chi connectivity index (χ4v) is 4.17. The SMILES string of the molecule is COc1ccc(C(=O)OCC(=O)Nc2ccc(Cl)cc2)cc1S(=O)(=O)Nc1ccc(C)cc1. The lowest BCUT2D eigenvalue weighted by molar-refractivity contribution is -0.119. The van der Waals surface area contributed by atoms with E-state index in [0.29, 0.717) is 16.4 Å². The van der Waals surface area contributed by atoms with Crippen molar-refractivity contribution in [1.29, 1.82) is 0 Å². The highest BCUT2D eigenvalue weighted by Crippen LogP contribution is 2.27.